The first-order chi connectivity index (χ1) is 26.6. The summed E-state index contributed by atoms with van der Waals surface area (Å²) in [4.78, 5) is 16.6. The van der Waals surface area contributed by atoms with Gasteiger partial charge in [0, 0.05) is 43.5 Å². The largest absolute Gasteiger partial charge is 0.506 e. The molecule has 0 aromatic heterocycles. The molecule has 0 saturated carbocycles. The van der Waals surface area contributed by atoms with Gasteiger partial charge >= 0.3 is 0 Å². The van der Waals surface area contributed by atoms with E-state index in [0.29, 0.717) is 48.5 Å². The lowest BCUT2D eigenvalue weighted by molar-refractivity contribution is -0.114. The molecule has 1 heterocycles. The van der Waals surface area contributed by atoms with Crippen molar-refractivity contribution in [3.63, 3.8) is 0 Å². The first-order valence-corrected chi connectivity index (χ1v) is 20.1. The number of rotatable bonds is 11. The SMILES string of the molecule is [C-]#[N+]c1cc(S(=O)(=O)Nc2ccc(N3CCOCC3)c(S(=O)(=O)Nc3cc(C)c(C)cc3O)c2)ccc1N=Nc1cc(NC(C)=O)c(O)c2cccc(NC)c12. The molecule has 6 N–H and O–H groups in total. The van der Waals surface area contributed by atoms with Crippen LogP contribution in [0.1, 0.15) is 18.1 Å². The summed E-state index contributed by atoms with van der Waals surface area (Å²) >= 11 is 0. The third-order valence-corrected chi connectivity index (χ3v) is 11.8. The Kier molecular flexibility index (Phi) is 11.0. The minimum absolute atomic E-state index is 0.0344. The summed E-state index contributed by atoms with van der Waals surface area (Å²) in [5.74, 6) is -0.866. The van der Waals surface area contributed by atoms with Crippen molar-refractivity contribution >= 4 is 82.2 Å². The number of ether oxygens (including phenoxy) is 1. The second-order valence-electron chi connectivity index (χ2n) is 12.9. The Labute approximate surface area is 323 Å². The molecule has 1 fully saturated rings. The third kappa shape index (κ3) is 8.15. The van der Waals surface area contributed by atoms with Gasteiger partial charge in [0.25, 0.3) is 20.0 Å². The molecule has 5 aromatic carbocycles. The van der Waals surface area contributed by atoms with Crippen LogP contribution < -0.4 is 25.0 Å². The van der Waals surface area contributed by atoms with Crippen LogP contribution in [-0.4, -0.2) is 66.3 Å². The van der Waals surface area contributed by atoms with Crippen LogP contribution in [0.4, 0.5) is 45.5 Å². The first kappa shape index (κ1) is 39.3. The molecule has 1 saturated heterocycles. The summed E-state index contributed by atoms with van der Waals surface area (Å²) < 4.78 is 65.6. The molecule has 0 bridgehead atoms. The summed E-state index contributed by atoms with van der Waals surface area (Å²) in [7, 11) is -7.10. The number of hydrogen-bond donors (Lipinski definition) is 6. The number of carbonyl (C=O) groups excluding carboxylic acids is 1. The van der Waals surface area contributed by atoms with E-state index >= 15 is 0 Å². The van der Waals surface area contributed by atoms with Crippen LogP contribution in [0.5, 0.6) is 11.5 Å². The van der Waals surface area contributed by atoms with Gasteiger partial charge in [-0.3, -0.25) is 14.2 Å². The lowest BCUT2D eigenvalue weighted by Gasteiger charge is -2.30. The number of aromatic hydroxyl groups is 2. The average molecular weight is 799 g/mol. The zero-order chi connectivity index (χ0) is 40.4. The van der Waals surface area contributed by atoms with Crippen molar-refractivity contribution in [3.05, 3.63) is 95.3 Å². The molecule has 1 amide bonds. The van der Waals surface area contributed by atoms with E-state index in [4.69, 9.17) is 11.3 Å². The fraction of sp³-hybridized carbons (Fsp3) is 0.211. The summed E-state index contributed by atoms with van der Waals surface area (Å²) in [5, 5.41) is 36.5. The Bertz CT molecular complexity index is 2670. The molecular formula is C38H38N8O8S2. The van der Waals surface area contributed by atoms with E-state index in [1.54, 1.807) is 39.1 Å². The number of hydrogen-bond acceptors (Lipinski definition) is 12. The Balaban J connectivity index is 1.34. The summed E-state index contributed by atoms with van der Waals surface area (Å²) in [6, 6.07) is 17.3. The van der Waals surface area contributed by atoms with Crippen LogP contribution in [0.25, 0.3) is 15.6 Å². The number of sulfonamides is 2. The number of amides is 1. The van der Waals surface area contributed by atoms with Gasteiger partial charge in [0.05, 0.1) is 58.8 Å². The number of fused-ring (bicyclic) bond motifs is 1. The normalized spacial score (nSPS) is 13.4. The second-order valence-corrected chi connectivity index (χ2v) is 16.2. The number of phenols is 2. The van der Waals surface area contributed by atoms with Crippen molar-refractivity contribution in [2.45, 2.75) is 30.6 Å². The molecule has 0 unspecified atom stereocenters. The minimum Gasteiger partial charge on any atom is -0.506 e. The molecule has 1 aliphatic rings. The standard InChI is InChI=1S/C38H38N8O8S2/c1-22-17-31(35(48)18-23(22)2)45-56(52,53)36-19-25(9-12-34(36)46-13-15-54-16-14-46)44-55(50,51)26-10-11-28(30(20-26)40-5)42-43-32-21-33(41-24(3)47)38(49)27-7-6-8-29(39-4)37(27)32/h6-12,17-21,39,44-45,48-49H,13-16H2,1-4H3,(H,41,47). The number of benzene rings is 5. The van der Waals surface area contributed by atoms with E-state index in [-0.39, 0.29) is 55.4 Å². The number of azo groups is 1. The molecule has 18 heteroatoms. The fourth-order valence-corrected chi connectivity index (χ4v) is 8.51. The number of carbonyl (C=O) groups is 1. The molecular weight excluding hydrogens is 761 g/mol. The van der Waals surface area contributed by atoms with Crippen LogP contribution in [-0.2, 0) is 29.6 Å². The lowest BCUT2D eigenvalue weighted by atomic mass is 10.0. The van der Waals surface area contributed by atoms with E-state index in [9.17, 15) is 31.8 Å². The van der Waals surface area contributed by atoms with Crippen molar-refractivity contribution < 1.29 is 36.6 Å². The molecule has 5 aromatic rings. The summed E-state index contributed by atoms with van der Waals surface area (Å²) in [6.45, 7) is 14.1. The zero-order valence-corrected chi connectivity index (χ0v) is 32.3. The molecule has 1 aliphatic heterocycles. The number of morpholine rings is 1. The fourth-order valence-electron chi connectivity index (χ4n) is 6.13. The predicted octanol–water partition coefficient (Wildman–Crippen LogP) is 7.27. The number of aryl methyl sites for hydroxylation is 2. The van der Waals surface area contributed by atoms with Crippen molar-refractivity contribution in [2.75, 3.05) is 58.3 Å². The molecule has 6 rings (SSSR count). The average Bonchev–Trinajstić information content (AvgIpc) is 3.17. The molecule has 16 nitrogen and oxygen atoms in total. The highest BCUT2D eigenvalue weighted by Gasteiger charge is 2.27. The number of nitrogens with zero attached hydrogens (tertiary/aromatic N) is 4. The van der Waals surface area contributed by atoms with Crippen molar-refractivity contribution in [3.8, 4) is 11.5 Å². The topological polar surface area (TPSA) is 215 Å². The van der Waals surface area contributed by atoms with Gasteiger partial charge in [0.1, 0.15) is 16.4 Å². The first-order valence-electron chi connectivity index (χ1n) is 17.1. The summed E-state index contributed by atoms with van der Waals surface area (Å²) in [6.07, 6.45) is 0. The van der Waals surface area contributed by atoms with E-state index in [1.165, 1.54) is 55.5 Å². The molecule has 56 heavy (non-hydrogen) atoms. The van der Waals surface area contributed by atoms with Gasteiger partial charge in [-0.2, -0.15) is 10.2 Å². The lowest BCUT2D eigenvalue weighted by Crippen LogP contribution is -2.37. The van der Waals surface area contributed by atoms with Gasteiger partial charge in [-0.1, -0.05) is 12.1 Å². The Hall–Kier alpha value is -6.42. The van der Waals surface area contributed by atoms with Gasteiger partial charge < -0.3 is 30.5 Å². The van der Waals surface area contributed by atoms with E-state index in [0.717, 1.165) is 17.2 Å². The maximum atomic E-state index is 13.9. The Morgan fingerprint density at radius 3 is 2.25 bits per heavy atom. The van der Waals surface area contributed by atoms with Gasteiger partial charge in [0.2, 0.25) is 11.6 Å². The van der Waals surface area contributed by atoms with Gasteiger partial charge in [0.15, 0.2) is 0 Å². The van der Waals surface area contributed by atoms with E-state index in [2.05, 4.69) is 35.2 Å². The molecule has 290 valence electrons. The number of nitrogens with one attached hydrogen (secondary N) is 4. The highest BCUT2D eigenvalue weighted by atomic mass is 32.2. The maximum Gasteiger partial charge on any atom is 0.264 e. The minimum atomic E-state index is -4.40. The quantitative estimate of drug-likeness (QED) is 0.0446. The Morgan fingerprint density at radius 1 is 0.839 bits per heavy atom. The van der Waals surface area contributed by atoms with Gasteiger partial charge in [-0.05, 0) is 85.6 Å². The van der Waals surface area contributed by atoms with Crippen LogP contribution in [0.3, 0.4) is 0 Å². The molecule has 0 atom stereocenters. The zero-order valence-electron chi connectivity index (χ0n) is 30.7. The van der Waals surface area contributed by atoms with Crippen LogP contribution in [0, 0.1) is 20.4 Å². The Morgan fingerprint density at radius 2 is 1.55 bits per heavy atom. The van der Waals surface area contributed by atoms with Crippen LogP contribution in [0.15, 0.2) is 92.8 Å². The van der Waals surface area contributed by atoms with Crippen LogP contribution >= 0.6 is 0 Å². The number of anilines is 5. The van der Waals surface area contributed by atoms with Crippen molar-refractivity contribution in [1.29, 1.82) is 0 Å². The smallest absolute Gasteiger partial charge is 0.264 e. The highest BCUT2D eigenvalue weighted by molar-refractivity contribution is 7.93. The maximum absolute atomic E-state index is 13.9. The molecule has 0 aliphatic carbocycles. The van der Waals surface area contributed by atoms with Gasteiger partial charge in [-0.15, -0.1) is 0 Å². The monoisotopic (exact) mass is 798 g/mol. The van der Waals surface area contributed by atoms with Gasteiger partial charge in [-0.25, -0.2) is 21.7 Å². The van der Waals surface area contributed by atoms with E-state index in [1.807, 2.05) is 4.90 Å². The summed E-state index contributed by atoms with van der Waals surface area (Å²) in [5.41, 5.74) is 2.53. The molecule has 0 radical (unpaired) electrons. The number of phenolic OH excluding ortho intramolecular Hbond substituents is 2. The molecule has 0 spiro atoms. The van der Waals surface area contributed by atoms with Crippen molar-refractivity contribution in [2.24, 2.45) is 10.2 Å². The third-order valence-electron chi connectivity index (χ3n) is 9.04. The predicted molar refractivity (Wildman–Crippen MR) is 215 cm³/mol. The highest BCUT2D eigenvalue weighted by Crippen LogP contribution is 2.44. The van der Waals surface area contributed by atoms with Crippen LogP contribution in [0.2, 0.25) is 0 Å². The van der Waals surface area contributed by atoms with Crippen molar-refractivity contribution in [1.82, 2.24) is 0 Å². The second kappa shape index (κ2) is 15.7. The van der Waals surface area contributed by atoms with E-state index < -0.39 is 26.0 Å².